The molecule has 5 rings (SSSR count). The van der Waals surface area contributed by atoms with Gasteiger partial charge in [0.05, 0.1) is 0 Å². The molecule has 1 spiro atoms. The third kappa shape index (κ3) is 3.04. The highest BCUT2D eigenvalue weighted by Gasteiger charge is 2.43. The lowest BCUT2D eigenvalue weighted by atomic mass is 9.73. The van der Waals surface area contributed by atoms with Crippen molar-refractivity contribution >= 4 is 23.3 Å². The normalized spacial score (nSPS) is 20.2. The molecule has 1 aliphatic carbocycles. The quantitative estimate of drug-likeness (QED) is 0.725. The van der Waals surface area contributed by atoms with E-state index in [1.54, 1.807) is 17.4 Å². The Bertz CT molecular complexity index is 881. The van der Waals surface area contributed by atoms with E-state index in [0.29, 0.717) is 19.8 Å². The Morgan fingerprint density at radius 2 is 1.93 bits per heavy atom. The fraction of sp³-hybridized carbons (Fsp3) is 0.409. The van der Waals surface area contributed by atoms with Gasteiger partial charge in [-0.1, -0.05) is 18.9 Å². The number of benzene rings is 1. The first-order chi connectivity index (χ1) is 13.2. The molecule has 0 N–H and O–H groups in total. The summed E-state index contributed by atoms with van der Waals surface area (Å²) in [5.41, 5.74) is 2.65. The van der Waals surface area contributed by atoms with Crippen molar-refractivity contribution in [1.29, 1.82) is 0 Å². The molecule has 0 radical (unpaired) electrons. The van der Waals surface area contributed by atoms with E-state index in [9.17, 15) is 4.79 Å². The summed E-state index contributed by atoms with van der Waals surface area (Å²) in [5.74, 6) is 1.77. The molecule has 5 heteroatoms. The molecule has 2 aromatic rings. The molecule has 3 aliphatic rings. The maximum atomic E-state index is 12.9. The lowest BCUT2D eigenvalue weighted by Crippen LogP contribution is -2.46. The standard InChI is InChI=1S/C22H23NO3S/c24-21(6-5-17-4-3-11-27-17)23-14-16-12-19-20(26-10-9-25-19)13-18(16)22(15-23)7-1-2-8-22/h3-6,11-13H,1-2,7-10,14-15H2/b6-5+. The van der Waals surface area contributed by atoms with Crippen LogP contribution >= 0.6 is 11.3 Å². The second kappa shape index (κ2) is 6.71. The lowest BCUT2D eigenvalue weighted by molar-refractivity contribution is -0.128. The fourth-order valence-electron chi connectivity index (χ4n) is 4.75. The summed E-state index contributed by atoms with van der Waals surface area (Å²) < 4.78 is 11.6. The average molecular weight is 381 g/mol. The topological polar surface area (TPSA) is 38.8 Å². The predicted molar refractivity (Wildman–Crippen MR) is 106 cm³/mol. The van der Waals surface area contributed by atoms with Gasteiger partial charge < -0.3 is 14.4 Å². The van der Waals surface area contributed by atoms with Crippen molar-refractivity contribution in [2.75, 3.05) is 19.8 Å². The molecule has 1 aromatic carbocycles. The molecule has 1 aromatic heterocycles. The van der Waals surface area contributed by atoms with Crippen LogP contribution in [0.2, 0.25) is 0 Å². The molecule has 3 heterocycles. The number of hydrogen-bond donors (Lipinski definition) is 0. The van der Waals surface area contributed by atoms with E-state index in [2.05, 4.69) is 12.1 Å². The van der Waals surface area contributed by atoms with Gasteiger partial charge in [-0.15, -0.1) is 11.3 Å². The largest absolute Gasteiger partial charge is 0.486 e. The molecule has 1 amide bonds. The second-order valence-electron chi connectivity index (χ2n) is 7.68. The molecule has 4 nitrogen and oxygen atoms in total. The summed E-state index contributed by atoms with van der Waals surface area (Å²) in [5, 5.41) is 2.03. The zero-order valence-corrected chi connectivity index (χ0v) is 16.1. The van der Waals surface area contributed by atoms with Crippen molar-refractivity contribution in [3.05, 3.63) is 51.7 Å². The first-order valence-corrected chi connectivity index (χ1v) is 10.6. The van der Waals surface area contributed by atoms with Crippen LogP contribution in [0.25, 0.3) is 6.08 Å². The zero-order chi connectivity index (χ0) is 18.3. The van der Waals surface area contributed by atoms with Crippen LogP contribution in [0.5, 0.6) is 11.5 Å². The number of nitrogens with zero attached hydrogens (tertiary/aromatic N) is 1. The molecule has 0 unspecified atom stereocenters. The number of carbonyl (C=O) groups is 1. The van der Waals surface area contributed by atoms with Crippen LogP contribution in [0.15, 0.2) is 35.7 Å². The molecular weight excluding hydrogens is 358 g/mol. The minimum Gasteiger partial charge on any atom is -0.486 e. The van der Waals surface area contributed by atoms with Gasteiger partial charge in [-0.25, -0.2) is 0 Å². The molecule has 27 heavy (non-hydrogen) atoms. The van der Waals surface area contributed by atoms with Crippen LogP contribution in [0.4, 0.5) is 0 Å². The first-order valence-electron chi connectivity index (χ1n) is 9.67. The minimum atomic E-state index is 0.0653. The average Bonchev–Trinajstić information content (AvgIpc) is 3.37. The molecule has 2 aliphatic heterocycles. The summed E-state index contributed by atoms with van der Waals surface area (Å²) in [7, 11) is 0. The van der Waals surface area contributed by atoms with Gasteiger partial charge in [0.1, 0.15) is 13.2 Å². The van der Waals surface area contributed by atoms with Crippen LogP contribution in [-0.4, -0.2) is 30.6 Å². The Balaban J connectivity index is 1.48. The number of amides is 1. The highest BCUT2D eigenvalue weighted by molar-refractivity contribution is 7.10. The van der Waals surface area contributed by atoms with Crippen molar-refractivity contribution < 1.29 is 14.3 Å². The summed E-state index contributed by atoms with van der Waals surface area (Å²) in [6.07, 6.45) is 8.36. The van der Waals surface area contributed by atoms with Crippen molar-refractivity contribution in [2.45, 2.75) is 37.6 Å². The lowest BCUT2D eigenvalue weighted by Gasteiger charge is -2.42. The molecule has 1 fully saturated rings. The van der Waals surface area contributed by atoms with Crippen LogP contribution < -0.4 is 9.47 Å². The van der Waals surface area contributed by atoms with E-state index < -0.39 is 0 Å². The molecule has 0 bridgehead atoms. The Kier molecular flexibility index (Phi) is 4.20. The van der Waals surface area contributed by atoms with Crippen molar-refractivity contribution in [2.24, 2.45) is 0 Å². The van der Waals surface area contributed by atoms with Gasteiger partial charge in [0, 0.05) is 29.5 Å². The number of rotatable bonds is 2. The highest BCUT2D eigenvalue weighted by atomic mass is 32.1. The highest BCUT2D eigenvalue weighted by Crippen LogP contribution is 2.49. The number of hydrogen-bond acceptors (Lipinski definition) is 4. The number of fused-ring (bicyclic) bond motifs is 3. The van der Waals surface area contributed by atoms with Gasteiger partial charge >= 0.3 is 0 Å². The Hall–Kier alpha value is -2.27. The maximum absolute atomic E-state index is 12.9. The molecular formula is C22H23NO3S. The second-order valence-corrected chi connectivity index (χ2v) is 8.66. The number of thiophene rings is 1. The molecule has 140 valence electrons. The smallest absolute Gasteiger partial charge is 0.246 e. The molecule has 0 saturated heterocycles. The van der Waals surface area contributed by atoms with E-state index in [4.69, 9.17) is 9.47 Å². The summed E-state index contributed by atoms with van der Waals surface area (Å²) in [4.78, 5) is 16.0. The van der Waals surface area contributed by atoms with Gasteiger partial charge in [0.25, 0.3) is 0 Å². The number of ether oxygens (including phenoxy) is 2. The molecule has 1 saturated carbocycles. The zero-order valence-electron chi connectivity index (χ0n) is 15.3. The minimum absolute atomic E-state index is 0.0653. The maximum Gasteiger partial charge on any atom is 0.246 e. The van der Waals surface area contributed by atoms with Crippen LogP contribution in [0.3, 0.4) is 0 Å². The fourth-order valence-corrected chi connectivity index (χ4v) is 5.37. The van der Waals surface area contributed by atoms with Crippen LogP contribution in [-0.2, 0) is 16.8 Å². The summed E-state index contributed by atoms with van der Waals surface area (Å²) in [6, 6.07) is 8.33. The SMILES string of the molecule is O=C(/C=C/c1cccs1)N1Cc2cc3c(cc2C2(CCCC2)C1)OCCO3. The van der Waals surface area contributed by atoms with Crippen molar-refractivity contribution in [1.82, 2.24) is 4.90 Å². The van der Waals surface area contributed by atoms with Gasteiger partial charge in [0.2, 0.25) is 5.91 Å². The van der Waals surface area contributed by atoms with Crippen molar-refractivity contribution in [3.63, 3.8) is 0 Å². The van der Waals surface area contributed by atoms with E-state index in [0.717, 1.165) is 35.8 Å². The summed E-state index contributed by atoms with van der Waals surface area (Å²) >= 11 is 1.65. The van der Waals surface area contributed by atoms with Crippen LogP contribution in [0.1, 0.15) is 41.7 Å². The van der Waals surface area contributed by atoms with E-state index in [1.165, 1.54) is 24.0 Å². The predicted octanol–water partition coefficient (Wildman–Crippen LogP) is 4.39. The van der Waals surface area contributed by atoms with Gasteiger partial charge in [0.15, 0.2) is 11.5 Å². The first kappa shape index (κ1) is 16.9. The molecule has 0 atom stereocenters. The third-order valence-electron chi connectivity index (χ3n) is 6.00. The third-order valence-corrected chi connectivity index (χ3v) is 6.84. The van der Waals surface area contributed by atoms with E-state index >= 15 is 0 Å². The summed E-state index contributed by atoms with van der Waals surface area (Å²) in [6.45, 7) is 2.63. The van der Waals surface area contributed by atoms with Gasteiger partial charge in [-0.3, -0.25) is 4.79 Å². The van der Waals surface area contributed by atoms with E-state index in [1.807, 2.05) is 28.5 Å². The monoisotopic (exact) mass is 381 g/mol. The Labute approximate surface area is 163 Å². The van der Waals surface area contributed by atoms with E-state index in [-0.39, 0.29) is 11.3 Å². The van der Waals surface area contributed by atoms with Crippen molar-refractivity contribution in [3.8, 4) is 11.5 Å². The Morgan fingerprint density at radius 1 is 1.15 bits per heavy atom. The van der Waals surface area contributed by atoms with Gasteiger partial charge in [-0.05, 0) is 53.6 Å². The van der Waals surface area contributed by atoms with Gasteiger partial charge in [-0.2, -0.15) is 0 Å². The Morgan fingerprint density at radius 3 is 2.67 bits per heavy atom. The van der Waals surface area contributed by atoms with Crippen LogP contribution in [0, 0.1) is 0 Å². The number of carbonyl (C=O) groups excluding carboxylic acids is 1.